The highest BCUT2D eigenvalue weighted by Crippen LogP contribution is 2.57. The minimum atomic E-state index is -0.0295. The van der Waals surface area contributed by atoms with Crippen LogP contribution in [0.2, 0.25) is 0 Å². The van der Waals surface area contributed by atoms with Crippen molar-refractivity contribution < 1.29 is 0 Å². The zero-order chi connectivity index (χ0) is 19.4. The van der Waals surface area contributed by atoms with E-state index in [1.54, 1.807) is 0 Å². The third-order valence-corrected chi connectivity index (χ3v) is 8.25. The van der Waals surface area contributed by atoms with Gasteiger partial charge in [-0.05, 0) is 34.3 Å². The highest BCUT2D eigenvalue weighted by molar-refractivity contribution is 6.14. The van der Waals surface area contributed by atoms with Gasteiger partial charge in [0, 0.05) is 28.1 Å². The first-order chi connectivity index (χ1) is 12.6. The summed E-state index contributed by atoms with van der Waals surface area (Å²) < 4.78 is 2.47. The van der Waals surface area contributed by atoms with Crippen LogP contribution in [0.25, 0.3) is 27.3 Å². The van der Waals surface area contributed by atoms with Gasteiger partial charge in [0.05, 0.1) is 5.52 Å². The average molecular weight is 357 g/mol. The lowest BCUT2D eigenvalue weighted by atomic mass is 9.52. The molecule has 0 aliphatic carbocycles. The maximum Gasteiger partial charge on any atom is 0.145 e. The zero-order valence-electron chi connectivity index (χ0n) is 17.4. The second kappa shape index (κ2) is 4.73. The SMILES string of the molecule is Cc1ccc2c3c1c1ccccc1c1ncc(n13)C(C)(C)C(C)(C)C2(C)C. The number of nitrogens with zero attached hydrogens (tertiary/aromatic N) is 2. The van der Waals surface area contributed by atoms with E-state index in [2.05, 4.69) is 95.5 Å². The first-order valence-corrected chi connectivity index (χ1v) is 9.93. The number of fused-ring (bicyclic) bond motifs is 3. The molecule has 138 valence electrons. The van der Waals surface area contributed by atoms with Crippen molar-refractivity contribution in [2.24, 2.45) is 5.41 Å². The third-order valence-electron chi connectivity index (χ3n) is 8.25. The summed E-state index contributed by atoms with van der Waals surface area (Å²) in [5, 5.41) is 3.92. The monoisotopic (exact) mass is 356 g/mol. The van der Waals surface area contributed by atoms with Crippen molar-refractivity contribution in [3.8, 4) is 0 Å². The lowest BCUT2D eigenvalue weighted by molar-refractivity contribution is 0.0924. The van der Waals surface area contributed by atoms with Gasteiger partial charge in [0.15, 0.2) is 0 Å². The van der Waals surface area contributed by atoms with E-state index in [-0.39, 0.29) is 16.2 Å². The lowest BCUT2D eigenvalue weighted by Gasteiger charge is -2.51. The van der Waals surface area contributed by atoms with Gasteiger partial charge in [0.1, 0.15) is 5.65 Å². The standard InChI is InChI=1S/C25H28N2/c1-15-12-13-18-21-20(15)16-10-8-9-11-17(16)22-26-14-19(27(21)22)24(4,5)25(6,7)23(18,2)3/h8-14H,1-7H3. The first-order valence-electron chi connectivity index (χ1n) is 9.93. The van der Waals surface area contributed by atoms with Gasteiger partial charge in [-0.1, -0.05) is 77.9 Å². The van der Waals surface area contributed by atoms with E-state index in [9.17, 15) is 0 Å². The maximum absolute atomic E-state index is 4.94. The van der Waals surface area contributed by atoms with Crippen LogP contribution < -0.4 is 0 Å². The minimum Gasteiger partial charge on any atom is -0.295 e. The van der Waals surface area contributed by atoms with Gasteiger partial charge in [0.2, 0.25) is 0 Å². The second-order valence-electron chi connectivity index (χ2n) is 9.88. The zero-order valence-corrected chi connectivity index (χ0v) is 17.4. The summed E-state index contributed by atoms with van der Waals surface area (Å²) in [4.78, 5) is 4.94. The fraction of sp³-hybridized carbons (Fsp3) is 0.400. The van der Waals surface area contributed by atoms with E-state index in [1.807, 2.05) is 0 Å². The summed E-state index contributed by atoms with van der Waals surface area (Å²) >= 11 is 0. The van der Waals surface area contributed by atoms with E-state index in [0.29, 0.717) is 0 Å². The Morgan fingerprint density at radius 2 is 1.48 bits per heavy atom. The predicted molar refractivity (Wildman–Crippen MR) is 115 cm³/mol. The van der Waals surface area contributed by atoms with Gasteiger partial charge in [0.25, 0.3) is 0 Å². The van der Waals surface area contributed by atoms with Crippen molar-refractivity contribution in [1.29, 1.82) is 0 Å². The molecule has 0 radical (unpaired) electrons. The molecule has 0 atom stereocenters. The number of hydrogen-bond acceptors (Lipinski definition) is 1. The van der Waals surface area contributed by atoms with Crippen LogP contribution >= 0.6 is 0 Å². The molecular weight excluding hydrogens is 328 g/mol. The number of aryl methyl sites for hydroxylation is 1. The molecule has 2 aromatic heterocycles. The average Bonchev–Trinajstić information content (AvgIpc) is 3.05. The summed E-state index contributed by atoms with van der Waals surface area (Å²) in [5.41, 5.74) is 6.53. The molecule has 3 heterocycles. The van der Waals surface area contributed by atoms with Gasteiger partial charge < -0.3 is 0 Å². The molecule has 27 heavy (non-hydrogen) atoms. The largest absolute Gasteiger partial charge is 0.295 e. The Morgan fingerprint density at radius 1 is 0.815 bits per heavy atom. The van der Waals surface area contributed by atoms with E-state index in [1.165, 1.54) is 38.5 Å². The smallest absolute Gasteiger partial charge is 0.145 e. The summed E-state index contributed by atoms with van der Waals surface area (Å²) in [6.07, 6.45) is 2.12. The molecule has 0 N–H and O–H groups in total. The van der Waals surface area contributed by atoms with Crippen molar-refractivity contribution in [3.05, 3.63) is 59.4 Å². The van der Waals surface area contributed by atoms with Gasteiger partial charge >= 0.3 is 0 Å². The molecule has 0 saturated heterocycles. The van der Waals surface area contributed by atoms with Crippen LogP contribution in [0.5, 0.6) is 0 Å². The van der Waals surface area contributed by atoms with E-state index in [0.717, 1.165) is 5.65 Å². The number of imidazole rings is 1. The maximum atomic E-state index is 4.94. The van der Waals surface area contributed by atoms with Gasteiger partial charge in [-0.15, -0.1) is 0 Å². The first kappa shape index (κ1) is 16.8. The molecule has 4 aromatic rings. The Bertz CT molecular complexity index is 1250. The molecule has 0 spiro atoms. The lowest BCUT2D eigenvalue weighted by Crippen LogP contribution is -2.49. The molecule has 0 saturated carbocycles. The van der Waals surface area contributed by atoms with Crippen LogP contribution in [0.4, 0.5) is 0 Å². The van der Waals surface area contributed by atoms with Crippen LogP contribution in [-0.4, -0.2) is 9.38 Å². The number of aromatic nitrogens is 2. The molecule has 0 bridgehead atoms. The molecular formula is C25H28N2. The summed E-state index contributed by atoms with van der Waals surface area (Å²) in [7, 11) is 0. The van der Waals surface area contributed by atoms with E-state index >= 15 is 0 Å². The quantitative estimate of drug-likeness (QED) is 0.327. The second-order valence-corrected chi connectivity index (χ2v) is 9.88. The van der Waals surface area contributed by atoms with Crippen molar-refractivity contribution >= 4 is 27.3 Å². The summed E-state index contributed by atoms with van der Waals surface area (Å²) in [6.45, 7) is 16.7. The van der Waals surface area contributed by atoms with Gasteiger partial charge in [-0.25, -0.2) is 4.98 Å². The molecule has 0 unspecified atom stereocenters. The van der Waals surface area contributed by atoms with Gasteiger partial charge in [-0.2, -0.15) is 0 Å². The summed E-state index contributed by atoms with van der Waals surface area (Å²) in [6, 6.07) is 13.4. The van der Waals surface area contributed by atoms with Crippen molar-refractivity contribution in [3.63, 3.8) is 0 Å². The van der Waals surface area contributed by atoms with Crippen molar-refractivity contribution in [2.45, 2.75) is 59.3 Å². The molecule has 1 aliphatic heterocycles. The molecule has 2 aromatic carbocycles. The number of rotatable bonds is 0. The Hall–Kier alpha value is -2.35. The number of pyridine rings is 1. The number of benzene rings is 2. The van der Waals surface area contributed by atoms with Crippen molar-refractivity contribution in [2.75, 3.05) is 0 Å². The molecule has 2 heteroatoms. The Morgan fingerprint density at radius 3 is 2.19 bits per heavy atom. The minimum absolute atomic E-state index is 0.0108. The van der Waals surface area contributed by atoms with E-state index in [4.69, 9.17) is 4.98 Å². The van der Waals surface area contributed by atoms with Crippen LogP contribution in [0.15, 0.2) is 42.6 Å². The topological polar surface area (TPSA) is 17.3 Å². The highest BCUT2D eigenvalue weighted by Gasteiger charge is 2.53. The third kappa shape index (κ3) is 1.70. The molecule has 0 fully saturated rings. The van der Waals surface area contributed by atoms with Crippen molar-refractivity contribution in [1.82, 2.24) is 9.38 Å². The Labute approximate surface area is 161 Å². The highest BCUT2D eigenvalue weighted by atomic mass is 15.0. The Balaban J connectivity index is 2.22. The predicted octanol–water partition coefficient (Wildman–Crippen LogP) is 6.54. The fourth-order valence-corrected chi connectivity index (χ4v) is 5.31. The Kier molecular flexibility index (Phi) is 2.94. The molecule has 2 nitrogen and oxygen atoms in total. The van der Waals surface area contributed by atoms with Crippen LogP contribution in [0, 0.1) is 12.3 Å². The normalized spacial score (nSPS) is 19.8. The number of hydrogen-bond donors (Lipinski definition) is 0. The van der Waals surface area contributed by atoms with E-state index < -0.39 is 0 Å². The van der Waals surface area contributed by atoms with Crippen LogP contribution in [0.3, 0.4) is 0 Å². The fourth-order valence-electron chi connectivity index (χ4n) is 5.31. The molecule has 0 amide bonds. The van der Waals surface area contributed by atoms with Crippen LogP contribution in [0.1, 0.15) is 58.4 Å². The summed E-state index contributed by atoms with van der Waals surface area (Å²) in [5.74, 6) is 0. The molecule has 1 aliphatic rings. The van der Waals surface area contributed by atoms with Crippen LogP contribution in [-0.2, 0) is 10.8 Å². The van der Waals surface area contributed by atoms with Gasteiger partial charge in [-0.3, -0.25) is 4.40 Å². The molecule has 5 rings (SSSR count).